The molecule has 0 amide bonds. The van der Waals surface area contributed by atoms with Gasteiger partial charge >= 0.3 is 0 Å². The lowest BCUT2D eigenvalue weighted by atomic mass is 10.0. The van der Waals surface area contributed by atoms with Crippen molar-refractivity contribution >= 4 is 45.5 Å². The number of Topliss-reactive ketones (excluding diaryl/α,β-unsaturated/α-hetero) is 2. The van der Waals surface area contributed by atoms with E-state index in [9.17, 15) is 9.59 Å². The number of nitrogens with zero attached hydrogens (tertiary/aromatic N) is 1. The van der Waals surface area contributed by atoms with E-state index in [1.165, 1.54) is 5.56 Å². The van der Waals surface area contributed by atoms with E-state index < -0.39 is 0 Å². The van der Waals surface area contributed by atoms with Gasteiger partial charge < -0.3 is 4.90 Å². The Balaban J connectivity index is 1.39. The molecule has 0 bridgehead atoms. The van der Waals surface area contributed by atoms with Crippen LogP contribution in [-0.2, 0) is 0 Å². The van der Waals surface area contributed by atoms with Crippen molar-refractivity contribution in [2.45, 2.75) is 6.92 Å². The van der Waals surface area contributed by atoms with Crippen molar-refractivity contribution in [3.8, 4) is 0 Å². The largest absolute Gasteiger partial charge is 0.310 e. The monoisotopic (exact) mass is 465 g/mol. The molecule has 5 aromatic rings. The molecule has 3 nitrogen and oxygen atoms in total. The van der Waals surface area contributed by atoms with Crippen LogP contribution in [0.4, 0.5) is 17.1 Å². The lowest BCUT2D eigenvalue weighted by molar-refractivity contribution is 0.0990. The molecule has 3 heteroatoms. The standard InChI is InChI=1S/C33H23NO2/c1-22-11-16-27(17-12-22)34(26-7-3-2-4-8-26)28-18-15-24-19-23(13-14-25(24)21-28)20-31-32(35)29-9-5-6-10-30(29)33(31)36/h2-21H,1H3. The van der Waals surface area contributed by atoms with Crippen molar-refractivity contribution < 1.29 is 9.59 Å². The number of hydrogen-bond acceptors (Lipinski definition) is 3. The predicted octanol–water partition coefficient (Wildman–Crippen LogP) is 8.08. The Morgan fingerprint density at radius 3 is 1.81 bits per heavy atom. The number of fused-ring (bicyclic) bond motifs is 2. The third-order valence-electron chi connectivity index (χ3n) is 6.63. The molecule has 1 aliphatic rings. The Bertz CT molecular complexity index is 1630. The van der Waals surface area contributed by atoms with Gasteiger partial charge in [0, 0.05) is 28.2 Å². The van der Waals surface area contributed by atoms with Crippen molar-refractivity contribution in [1.29, 1.82) is 0 Å². The number of allylic oxidation sites excluding steroid dienone is 1. The van der Waals surface area contributed by atoms with E-state index in [2.05, 4.69) is 66.4 Å². The van der Waals surface area contributed by atoms with Gasteiger partial charge in [0.25, 0.3) is 0 Å². The molecule has 0 spiro atoms. The summed E-state index contributed by atoms with van der Waals surface area (Å²) in [7, 11) is 0. The highest BCUT2D eigenvalue weighted by Gasteiger charge is 2.32. The molecule has 0 heterocycles. The number of hydrogen-bond donors (Lipinski definition) is 0. The minimum absolute atomic E-state index is 0.206. The molecule has 0 fully saturated rings. The minimum Gasteiger partial charge on any atom is -0.310 e. The maximum atomic E-state index is 12.8. The molecule has 0 radical (unpaired) electrons. The maximum absolute atomic E-state index is 12.8. The van der Waals surface area contributed by atoms with Crippen molar-refractivity contribution in [2.75, 3.05) is 4.90 Å². The molecule has 1 aliphatic carbocycles. The summed E-state index contributed by atoms with van der Waals surface area (Å²) in [5, 5.41) is 2.12. The topological polar surface area (TPSA) is 37.4 Å². The SMILES string of the molecule is Cc1ccc(N(c2ccccc2)c2ccc3cc(C=C4C(=O)c5ccccc5C4=O)ccc3c2)cc1. The summed E-state index contributed by atoms with van der Waals surface area (Å²) in [6.07, 6.45) is 1.71. The van der Waals surface area contributed by atoms with Crippen LogP contribution >= 0.6 is 0 Å². The molecule has 0 aromatic heterocycles. The van der Waals surface area contributed by atoms with Crippen molar-refractivity contribution in [3.05, 3.63) is 143 Å². The number of rotatable bonds is 4. The van der Waals surface area contributed by atoms with Gasteiger partial charge in [0.05, 0.1) is 5.57 Å². The van der Waals surface area contributed by atoms with Gasteiger partial charge in [-0.2, -0.15) is 0 Å². The zero-order valence-corrected chi connectivity index (χ0v) is 19.8. The Morgan fingerprint density at radius 2 is 1.11 bits per heavy atom. The molecule has 5 aromatic carbocycles. The summed E-state index contributed by atoms with van der Waals surface area (Å²) >= 11 is 0. The van der Waals surface area contributed by atoms with Gasteiger partial charge in [0.2, 0.25) is 0 Å². The first-order valence-electron chi connectivity index (χ1n) is 11.9. The van der Waals surface area contributed by atoms with E-state index >= 15 is 0 Å². The van der Waals surface area contributed by atoms with Crippen LogP contribution in [0.1, 0.15) is 31.8 Å². The molecule has 0 unspecified atom stereocenters. The second-order valence-corrected chi connectivity index (χ2v) is 9.06. The zero-order chi connectivity index (χ0) is 24.6. The Labute approximate surface area is 209 Å². The van der Waals surface area contributed by atoms with Gasteiger partial charge in [0.1, 0.15) is 0 Å². The molecule has 6 rings (SSSR count). The van der Waals surface area contributed by atoms with Crippen LogP contribution in [0.2, 0.25) is 0 Å². The molecule has 0 aliphatic heterocycles. The van der Waals surface area contributed by atoms with E-state index in [1.807, 2.05) is 36.4 Å². The Morgan fingerprint density at radius 1 is 0.556 bits per heavy atom. The van der Waals surface area contributed by atoms with Gasteiger partial charge in [-0.25, -0.2) is 0 Å². The fourth-order valence-corrected chi connectivity index (χ4v) is 4.77. The first-order chi connectivity index (χ1) is 17.6. The summed E-state index contributed by atoms with van der Waals surface area (Å²) in [6, 6.07) is 38.2. The summed E-state index contributed by atoms with van der Waals surface area (Å²) in [4.78, 5) is 27.8. The molecule has 36 heavy (non-hydrogen) atoms. The molecule has 0 N–H and O–H groups in total. The maximum Gasteiger partial charge on any atom is 0.197 e. The fourth-order valence-electron chi connectivity index (χ4n) is 4.77. The van der Waals surface area contributed by atoms with E-state index in [-0.39, 0.29) is 17.1 Å². The highest BCUT2D eigenvalue weighted by atomic mass is 16.2. The molecular formula is C33H23NO2. The van der Waals surface area contributed by atoms with E-state index in [0.29, 0.717) is 11.1 Å². The van der Waals surface area contributed by atoms with Crippen molar-refractivity contribution in [2.24, 2.45) is 0 Å². The Hall–Kier alpha value is -4.76. The number of aryl methyl sites for hydroxylation is 1. The van der Waals surface area contributed by atoms with Crippen LogP contribution in [0, 0.1) is 6.92 Å². The lowest BCUT2D eigenvalue weighted by Crippen LogP contribution is -2.09. The number of benzene rings is 5. The molecule has 0 saturated carbocycles. The first-order valence-corrected chi connectivity index (χ1v) is 11.9. The number of carbonyl (C=O) groups is 2. The smallest absolute Gasteiger partial charge is 0.197 e. The molecule has 0 atom stereocenters. The average molecular weight is 466 g/mol. The second kappa shape index (κ2) is 8.79. The summed E-state index contributed by atoms with van der Waals surface area (Å²) in [6.45, 7) is 2.09. The highest BCUT2D eigenvalue weighted by Crippen LogP contribution is 2.36. The number of para-hydroxylation sites is 1. The summed E-state index contributed by atoms with van der Waals surface area (Å²) in [5.41, 5.74) is 6.47. The van der Waals surface area contributed by atoms with Crippen molar-refractivity contribution in [3.63, 3.8) is 0 Å². The zero-order valence-electron chi connectivity index (χ0n) is 19.8. The van der Waals surface area contributed by atoms with Gasteiger partial charge in [-0.3, -0.25) is 9.59 Å². The van der Waals surface area contributed by atoms with Gasteiger partial charge in [-0.1, -0.05) is 78.4 Å². The van der Waals surface area contributed by atoms with Crippen molar-refractivity contribution in [1.82, 2.24) is 0 Å². The van der Waals surface area contributed by atoms with Crippen LogP contribution in [0.3, 0.4) is 0 Å². The third kappa shape index (κ3) is 3.81. The lowest BCUT2D eigenvalue weighted by Gasteiger charge is -2.26. The van der Waals surface area contributed by atoms with Crippen LogP contribution < -0.4 is 4.90 Å². The fraction of sp³-hybridized carbons (Fsp3) is 0.0303. The summed E-state index contributed by atoms with van der Waals surface area (Å²) < 4.78 is 0. The summed E-state index contributed by atoms with van der Waals surface area (Å²) in [5.74, 6) is -0.412. The second-order valence-electron chi connectivity index (χ2n) is 9.06. The van der Waals surface area contributed by atoms with Crippen LogP contribution in [0.15, 0.2) is 121 Å². The third-order valence-corrected chi connectivity index (χ3v) is 6.63. The molecule has 172 valence electrons. The van der Waals surface area contributed by atoms with E-state index in [4.69, 9.17) is 0 Å². The van der Waals surface area contributed by atoms with Gasteiger partial charge in [0.15, 0.2) is 11.6 Å². The highest BCUT2D eigenvalue weighted by molar-refractivity contribution is 6.41. The number of anilines is 3. The normalized spacial score (nSPS) is 12.6. The number of carbonyl (C=O) groups excluding carboxylic acids is 2. The molecular weight excluding hydrogens is 442 g/mol. The minimum atomic E-state index is -0.206. The van der Waals surface area contributed by atoms with Crippen LogP contribution in [0.25, 0.3) is 16.8 Å². The molecule has 0 saturated heterocycles. The first kappa shape index (κ1) is 21.8. The predicted molar refractivity (Wildman–Crippen MR) is 146 cm³/mol. The van der Waals surface area contributed by atoms with E-state index in [0.717, 1.165) is 33.4 Å². The van der Waals surface area contributed by atoms with E-state index in [1.54, 1.807) is 30.3 Å². The van der Waals surface area contributed by atoms with Crippen LogP contribution in [0.5, 0.6) is 0 Å². The quantitative estimate of drug-likeness (QED) is 0.199. The average Bonchev–Trinajstić information content (AvgIpc) is 3.15. The number of ketones is 2. The van der Waals surface area contributed by atoms with Gasteiger partial charge in [-0.05, 0) is 71.8 Å². The van der Waals surface area contributed by atoms with Gasteiger partial charge in [-0.15, -0.1) is 0 Å². The Kier molecular flexibility index (Phi) is 5.31. The van der Waals surface area contributed by atoms with Crippen LogP contribution in [-0.4, -0.2) is 11.6 Å².